The van der Waals surface area contributed by atoms with Crippen LogP contribution >= 0.6 is 0 Å². The van der Waals surface area contributed by atoms with E-state index in [1.807, 2.05) is 48.5 Å². The zero-order valence-electron chi connectivity index (χ0n) is 15.0. The van der Waals surface area contributed by atoms with Gasteiger partial charge < -0.3 is 10.1 Å². The smallest absolute Gasteiger partial charge is 0.265 e. The summed E-state index contributed by atoms with van der Waals surface area (Å²) in [5.41, 5.74) is 3.58. The highest BCUT2D eigenvalue weighted by atomic mass is 16.5. The van der Waals surface area contributed by atoms with Crippen LogP contribution in [0.25, 0.3) is 10.8 Å². The number of carbonyl (C=O) groups excluding carboxylic acids is 1. The van der Waals surface area contributed by atoms with Gasteiger partial charge in [-0.15, -0.1) is 0 Å². The van der Waals surface area contributed by atoms with Crippen LogP contribution in [0.4, 0.5) is 5.69 Å². The van der Waals surface area contributed by atoms with Crippen molar-refractivity contribution in [2.24, 2.45) is 0 Å². The summed E-state index contributed by atoms with van der Waals surface area (Å²) < 4.78 is 5.91. The summed E-state index contributed by atoms with van der Waals surface area (Å²) in [6, 6.07) is 20.1. The largest absolute Gasteiger partial charge is 0.481 e. The number of nitrogens with one attached hydrogen (secondary N) is 1. The van der Waals surface area contributed by atoms with Crippen molar-refractivity contribution in [2.75, 3.05) is 5.32 Å². The van der Waals surface area contributed by atoms with Crippen LogP contribution in [0.5, 0.6) is 5.75 Å². The van der Waals surface area contributed by atoms with Crippen molar-refractivity contribution in [3.63, 3.8) is 0 Å². The number of aryl methyl sites for hydroxylation is 2. The number of amides is 1. The highest BCUT2D eigenvalue weighted by molar-refractivity contribution is 6.03. The van der Waals surface area contributed by atoms with E-state index in [0.29, 0.717) is 0 Å². The lowest BCUT2D eigenvalue weighted by molar-refractivity contribution is -0.122. The number of hydrogen-bond donors (Lipinski definition) is 1. The highest BCUT2D eigenvalue weighted by Crippen LogP contribution is 2.26. The van der Waals surface area contributed by atoms with Crippen LogP contribution in [0.2, 0.25) is 0 Å². The zero-order chi connectivity index (χ0) is 17.9. The molecule has 0 heterocycles. The molecule has 1 aliphatic carbocycles. The average Bonchev–Trinajstić information content (AvgIpc) is 2.68. The van der Waals surface area contributed by atoms with E-state index in [9.17, 15) is 4.79 Å². The second-order valence-corrected chi connectivity index (χ2v) is 6.91. The molecule has 3 aromatic carbocycles. The topological polar surface area (TPSA) is 38.3 Å². The molecule has 3 nitrogen and oxygen atoms in total. The maximum atomic E-state index is 12.6. The summed E-state index contributed by atoms with van der Waals surface area (Å²) in [6.45, 7) is 1.79. The molecular formula is C23H23NO2. The minimum atomic E-state index is -0.560. The van der Waals surface area contributed by atoms with Gasteiger partial charge in [-0.05, 0) is 67.3 Å². The molecule has 0 fully saturated rings. The third-order valence-corrected chi connectivity index (χ3v) is 5.05. The van der Waals surface area contributed by atoms with Gasteiger partial charge in [0.15, 0.2) is 6.10 Å². The van der Waals surface area contributed by atoms with Gasteiger partial charge in [-0.25, -0.2) is 0 Å². The van der Waals surface area contributed by atoms with Gasteiger partial charge in [-0.1, -0.05) is 42.5 Å². The van der Waals surface area contributed by atoms with Crippen LogP contribution in [0.15, 0.2) is 60.7 Å². The Morgan fingerprint density at radius 2 is 1.73 bits per heavy atom. The molecule has 3 heteroatoms. The lowest BCUT2D eigenvalue weighted by Gasteiger charge is -2.19. The summed E-state index contributed by atoms with van der Waals surface area (Å²) >= 11 is 0. The predicted molar refractivity (Wildman–Crippen MR) is 106 cm³/mol. The van der Waals surface area contributed by atoms with Crippen molar-refractivity contribution < 1.29 is 9.53 Å². The van der Waals surface area contributed by atoms with Crippen molar-refractivity contribution in [3.8, 4) is 5.75 Å². The normalized spacial score (nSPS) is 14.5. The molecule has 0 saturated carbocycles. The molecule has 0 spiro atoms. The van der Waals surface area contributed by atoms with E-state index >= 15 is 0 Å². The number of benzene rings is 3. The summed E-state index contributed by atoms with van der Waals surface area (Å²) in [5.74, 6) is 0.630. The lowest BCUT2D eigenvalue weighted by Crippen LogP contribution is -2.30. The van der Waals surface area contributed by atoms with Gasteiger partial charge >= 0.3 is 0 Å². The van der Waals surface area contributed by atoms with Gasteiger partial charge in [-0.2, -0.15) is 0 Å². The number of hydrogen-bond acceptors (Lipinski definition) is 2. The molecule has 0 radical (unpaired) electrons. The number of anilines is 1. The summed E-state index contributed by atoms with van der Waals surface area (Å²) in [7, 11) is 0. The molecule has 3 aromatic rings. The molecule has 0 unspecified atom stereocenters. The maximum absolute atomic E-state index is 12.6. The fourth-order valence-corrected chi connectivity index (χ4v) is 3.61. The Bertz CT molecular complexity index is 943. The first-order valence-electron chi connectivity index (χ1n) is 9.28. The van der Waals surface area contributed by atoms with Gasteiger partial charge in [0.25, 0.3) is 5.91 Å². The second-order valence-electron chi connectivity index (χ2n) is 6.91. The number of carbonyl (C=O) groups is 1. The summed E-state index contributed by atoms with van der Waals surface area (Å²) in [5, 5.41) is 5.14. The summed E-state index contributed by atoms with van der Waals surface area (Å²) in [4.78, 5) is 12.6. The van der Waals surface area contributed by atoms with E-state index in [-0.39, 0.29) is 5.91 Å². The Kier molecular flexibility index (Phi) is 4.61. The van der Waals surface area contributed by atoms with Gasteiger partial charge in [0, 0.05) is 11.1 Å². The molecule has 1 aliphatic rings. The van der Waals surface area contributed by atoms with Crippen molar-refractivity contribution in [3.05, 3.63) is 71.8 Å². The molecule has 0 bridgehead atoms. The Balaban J connectivity index is 1.48. The molecule has 26 heavy (non-hydrogen) atoms. The summed E-state index contributed by atoms with van der Waals surface area (Å²) in [6.07, 6.45) is 4.18. The first-order valence-corrected chi connectivity index (χ1v) is 9.28. The monoisotopic (exact) mass is 345 g/mol. The van der Waals surface area contributed by atoms with Gasteiger partial charge in [-0.3, -0.25) is 4.79 Å². The van der Waals surface area contributed by atoms with Gasteiger partial charge in [0.2, 0.25) is 0 Å². The minimum absolute atomic E-state index is 0.140. The molecule has 1 N–H and O–H groups in total. The average molecular weight is 345 g/mol. The Labute approximate surface area is 154 Å². The molecule has 1 amide bonds. The molecule has 1 atom stereocenters. The molecular weight excluding hydrogens is 322 g/mol. The van der Waals surface area contributed by atoms with Crippen LogP contribution in [-0.4, -0.2) is 12.0 Å². The molecule has 4 rings (SSSR count). The fraction of sp³-hybridized carbons (Fsp3) is 0.261. The van der Waals surface area contributed by atoms with Crippen molar-refractivity contribution >= 4 is 22.4 Å². The SMILES string of the molecule is C[C@@H](Oc1ccc2c(c1)CCCC2)C(=O)Nc1cccc2ccccc12. The van der Waals surface area contributed by atoms with E-state index in [2.05, 4.69) is 17.4 Å². The Hall–Kier alpha value is -2.81. The predicted octanol–water partition coefficient (Wildman–Crippen LogP) is 5.12. The molecule has 0 aliphatic heterocycles. The number of ether oxygens (including phenoxy) is 1. The van der Waals surface area contributed by atoms with E-state index in [1.165, 1.54) is 24.0 Å². The quantitative estimate of drug-likeness (QED) is 0.712. The molecule has 0 saturated heterocycles. The first kappa shape index (κ1) is 16.6. The third kappa shape index (κ3) is 3.43. The third-order valence-electron chi connectivity index (χ3n) is 5.05. The zero-order valence-corrected chi connectivity index (χ0v) is 15.0. The van der Waals surface area contributed by atoms with Crippen molar-refractivity contribution in [1.29, 1.82) is 0 Å². The van der Waals surface area contributed by atoms with Gasteiger partial charge in [0.1, 0.15) is 5.75 Å². The van der Waals surface area contributed by atoms with E-state index in [4.69, 9.17) is 4.74 Å². The standard InChI is InChI=1S/C23H23NO2/c1-16(26-20-14-13-17-7-2-3-9-19(17)15-20)23(25)24-22-12-6-10-18-8-4-5-11-21(18)22/h4-6,8,10-16H,2-3,7,9H2,1H3,(H,24,25)/t16-/m1/s1. The Morgan fingerprint density at radius 3 is 2.62 bits per heavy atom. The van der Waals surface area contributed by atoms with E-state index < -0.39 is 6.10 Å². The lowest BCUT2D eigenvalue weighted by atomic mass is 9.92. The molecule has 132 valence electrons. The van der Waals surface area contributed by atoms with Crippen molar-refractivity contribution in [1.82, 2.24) is 0 Å². The molecule has 0 aromatic heterocycles. The second kappa shape index (κ2) is 7.20. The van der Waals surface area contributed by atoms with Crippen molar-refractivity contribution in [2.45, 2.75) is 38.7 Å². The first-order chi connectivity index (χ1) is 12.7. The fourth-order valence-electron chi connectivity index (χ4n) is 3.61. The Morgan fingerprint density at radius 1 is 0.962 bits per heavy atom. The maximum Gasteiger partial charge on any atom is 0.265 e. The van der Waals surface area contributed by atoms with Crippen LogP contribution in [0.3, 0.4) is 0 Å². The number of fused-ring (bicyclic) bond motifs is 2. The number of rotatable bonds is 4. The van der Waals surface area contributed by atoms with Crippen LogP contribution in [0.1, 0.15) is 30.9 Å². The van der Waals surface area contributed by atoms with E-state index in [1.54, 1.807) is 6.92 Å². The minimum Gasteiger partial charge on any atom is -0.481 e. The van der Waals surface area contributed by atoms with Crippen LogP contribution in [-0.2, 0) is 17.6 Å². The van der Waals surface area contributed by atoms with Crippen LogP contribution in [0, 0.1) is 0 Å². The van der Waals surface area contributed by atoms with E-state index in [0.717, 1.165) is 35.1 Å². The van der Waals surface area contributed by atoms with Crippen LogP contribution < -0.4 is 10.1 Å². The highest BCUT2D eigenvalue weighted by Gasteiger charge is 2.17. The van der Waals surface area contributed by atoms with Gasteiger partial charge in [0.05, 0.1) is 0 Å².